The van der Waals surface area contributed by atoms with Gasteiger partial charge < -0.3 is 5.32 Å². The Labute approximate surface area is 185 Å². The summed E-state index contributed by atoms with van der Waals surface area (Å²) in [6.07, 6.45) is 1.72. The molecule has 0 spiro atoms. The fourth-order valence-corrected chi connectivity index (χ4v) is 3.50. The van der Waals surface area contributed by atoms with Crippen LogP contribution in [0.1, 0.15) is 40.0 Å². The molecule has 0 aliphatic rings. The highest BCUT2D eigenvalue weighted by Crippen LogP contribution is 2.24. The molecule has 4 nitrogen and oxygen atoms in total. The van der Waals surface area contributed by atoms with Crippen LogP contribution < -0.4 is 5.32 Å². The van der Waals surface area contributed by atoms with Gasteiger partial charge in [0.25, 0.3) is 5.91 Å². The molecular formula is C26H23F2N3O. The molecule has 0 bridgehead atoms. The monoisotopic (exact) mass is 431 g/mol. The fourth-order valence-electron chi connectivity index (χ4n) is 3.50. The molecule has 3 aromatic carbocycles. The maximum Gasteiger partial charge on any atom is 0.255 e. The highest BCUT2D eigenvalue weighted by atomic mass is 19.2. The Hall–Kier alpha value is -3.80. The second-order valence-electron chi connectivity index (χ2n) is 7.81. The number of halogens is 2. The predicted octanol–water partition coefficient (Wildman–Crippen LogP) is 5.68. The summed E-state index contributed by atoms with van der Waals surface area (Å²) in [5.74, 6) is -2.20. The molecule has 32 heavy (non-hydrogen) atoms. The summed E-state index contributed by atoms with van der Waals surface area (Å²) in [5.41, 5.74) is 4.46. The van der Waals surface area contributed by atoms with Gasteiger partial charge in [-0.25, -0.2) is 8.78 Å². The third kappa shape index (κ3) is 4.75. The molecule has 4 aromatic rings. The summed E-state index contributed by atoms with van der Waals surface area (Å²) in [6, 6.07) is 20.8. The average molecular weight is 431 g/mol. The Balaban J connectivity index is 1.64. The van der Waals surface area contributed by atoms with E-state index >= 15 is 0 Å². The van der Waals surface area contributed by atoms with Crippen molar-refractivity contribution < 1.29 is 13.6 Å². The molecule has 1 unspecified atom stereocenters. The summed E-state index contributed by atoms with van der Waals surface area (Å²) in [4.78, 5) is 13.2. The third-order valence-electron chi connectivity index (χ3n) is 5.31. The molecule has 1 N–H and O–H groups in total. The van der Waals surface area contributed by atoms with Gasteiger partial charge in [-0.15, -0.1) is 0 Å². The van der Waals surface area contributed by atoms with Crippen molar-refractivity contribution >= 4 is 5.91 Å². The summed E-state index contributed by atoms with van der Waals surface area (Å²) >= 11 is 0. The van der Waals surface area contributed by atoms with Gasteiger partial charge in [-0.2, -0.15) is 5.10 Å². The van der Waals surface area contributed by atoms with Crippen molar-refractivity contribution in [3.8, 4) is 11.3 Å². The van der Waals surface area contributed by atoms with Gasteiger partial charge in [-0.1, -0.05) is 66.2 Å². The molecule has 4 rings (SSSR count). The van der Waals surface area contributed by atoms with Crippen molar-refractivity contribution in [2.24, 2.45) is 0 Å². The van der Waals surface area contributed by atoms with Crippen molar-refractivity contribution in [3.05, 3.63) is 113 Å². The van der Waals surface area contributed by atoms with Crippen LogP contribution in [0.5, 0.6) is 0 Å². The molecule has 0 fully saturated rings. The number of amides is 1. The summed E-state index contributed by atoms with van der Waals surface area (Å²) in [7, 11) is 0. The number of nitrogens with zero attached hydrogens (tertiary/aromatic N) is 2. The summed E-state index contributed by atoms with van der Waals surface area (Å²) in [5, 5.41) is 7.55. The second kappa shape index (κ2) is 9.14. The van der Waals surface area contributed by atoms with E-state index in [9.17, 15) is 13.6 Å². The van der Waals surface area contributed by atoms with Gasteiger partial charge in [0.2, 0.25) is 0 Å². The predicted molar refractivity (Wildman–Crippen MR) is 120 cm³/mol. The minimum absolute atomic E-state index is 0.336. The van der Waals surface area contributed by atoms with E-state index < -0.39 is 17.7 Å². The number of hydrogen-bond donors (Lipinski definition) is 1. The van der Waals surface area contributed by atoms with Crippen molar-refractivity contribution in [3.63, 3.8) is 0 Å². The van der Waals surface area contributed by atoms with Gasteiger partial charge in [0, 0.05) is 11.8 Å². The lowest BCUT2D eigenvalue weighted by atomic mass is 10.0. The first kappa shape index (κ1) is 21.4. The first-order valence-corrected chi connectivity index (χ1v) is 10.3. The van der Waals surface area contributed by atoms with E-state index in [-0.39, 0.29) is 5.91 Å². The van der Waals surface area contributed by atoms with Crippen LogP contribution in [0.25, 0.3) is 11.3 Å². The SMILES string of the molecule is Cc1ccc(-c2nn(Cc3ccccc3)cc2C(=O)NC(C)c2ccc(F)c(F)c2)cc1. The van der Waals surface area contributed by atoms with Gasteiger partial charge in [0.05, 0.1) is 18.2 Å². The number of nitrogens with one attached hydrogen (secondary N) is 1. The van der Waals surface area contributed by atoms with Crippen LogP contribution in [0.15, 0.2) is 79.0 Å². The molecule has 1 aromatic heterocycles. The van der Waals surface area contributed by atoms with E-state index in [0.717, 1.165) is 28.8 Å². The Bertz CT molecular complexity index is 1230. The van der Waals surface area contributed by atoms with Gasteiger partial charge >= 0.3 is 0 Å². The first-order chi connectivity index (χ1) is 15.4. The maximum atomic E-state index is 13.6. The number of carbonyl (C=O) groups excluding carboxylic acids is 1. The maximum absolute atomic E-state index is 13.6. The van der Waals surface area contributed by atoms with E-state index in [0.29, 0.717) is 23.4 Å². The van der Waals surface area contributed by atoms with E-state index in [2.05, 4.69) is 10.4 Å². The zero-order valence-electron chi connectivity index (χ0n) is 17.8. The van der Waals surface area contributed by atoms with E-state index in [1.807, 2.05) is 61.5 Å². The molecule has 0 radical (unpaired) electrons. The lowest BCUT2D eigenvalue weighted by Gasteiger charge is -2.14. The van der Waals surface area contributed by atoms with Crippen LogP contribution in [0, 0.1) is 18.6 Å². The third-order valence-corrected chi connectivity index (χ3v) is 5.31. The van der Waals surface area contributed by atoms with Crippen molar-refractivity contribution in [1.82, 2.24) is 15.1 Å². The second-order valence-corrected chi connectivity index (χ2v) is 7.81. The van der Waals surface area contributed by atoms with Crippen molar-refractivity contribution in [2.45, 2.75) is 26.4 Å². The average Bonchev–Trinajstić information content (AvgIpc) is 3.20. The van der Waals surface area contributed by atoms with Gasteiger partial charge in [0.15, 0.2) is 11.6 Å². The number of rotatable bonds is 6. The molecule has 0 saturated carbocycles. The lowest BCUT2D eigenvalue weighted by molar-refractivity contribution is 0.0940. The topological polar surface area (TPSA) is 46.9 Å². The molecule has 0 saturated heterocycles. The van der Waals surface area contributed by atoms with E-state index in [1.165, 1.54) is 6.07 Å². The van der Waals surface area contributed by atoms with E-state index in [4.69, 9.17) is 0 Å². The zero-order chi connectivity index (χ0) is 22.7. The quantitative estimate of drug-likeness (QED) is 0.427. The highest BCUT2D eigenvalue weighted by Gasteiger charge is 2.20. The highest BCUT2D eigenvalue weighted by molar-refractivity contribution is 6.00. The Morgan fingerprint density at radius 2 is 1.72 bits per heavy atom. The van der Waals surface area contributed by atoms with Gasteiger partial charge in [0.1, 0.15) is 5.69 Å². The van der Waals surface area contributed by atoms with Crippen LogP contribution in [0.2, 0.25) is 0 Å². The molecule has 162 valence electrons. The Morgan fingerprint density at radius 1 is 1.00 bits per heavy atom. The Morgan fingerprint density at radius 3 is 2.41 bits per heavy atom. The smallest absolute Gasteiger partial charge is 0.255 e. The van der Waals surface area contributed by atoms with Crippen LogP contribution in [0.3, 0.4) is 0 Å². The summed E-state index contributed by atoms with van der Waals surface area (Å²) < 4.78 is 28.6. The summed E-state index contributed by atoms with van der Waals surface area (Å²) in [6.45, 7) is 4.24. The Kier molecular flexibility index (Phi) is 6.12. The molecular weight excluding hydrogens is 408 g/mol. The van der Waals surface area contributed by atoms with Crippen LogP contribution in [-0.4, -0.2) is 15.7 Å². The van der Waals surface area contributed by atoms with Crippen molar-refractivity contribution in [2.75, 3.05) is 0 Å². The molecule has 1 atom stereocenters. The number of hydrogen-bond acceptors (Lipinski definition) is 2. The minimum atomic E-state index is -0.945. The molecule has 0 aliphatic carbocycles. The largest absolute Gasteiger partial charge is 0.345 e. The number of benzene rings is 3. The standard InChI is InChI=1S/C26H23F2N3O/c1-17-8-10-20(11-9-17)25-22(16-31(30-25)15-19-6-4-3-5-7-19)26(32)29-18(2)21-12-13-23(27)24(28)14-21/h3-14,16,18H,15H2,1-2H3,(H,29,32). The molecule has 6 heteroatoms. The number of carbonyl (C=O) groups is 1. The van der Waals surface area contributed by atoms with Crippen molar-refractivity contribution in [1.29, 1.82) is 0 Å². The first-order valence-electron chi connectivity index (χ1n) is 10.3. The zero-order valence-corrected chi connectivity index (χ0v) is 17.8. The molecule has 1 amide bonds. The number of aryl methyl sites for hydroxylation is 1. The molecule has 0 aliphatic heterocycles. The lowest BCUT2D eigenvalue weighted by Crippen LogP contribution is -2.27. The van der Waals surface area contributed by atoms with Gasteiger partial charge in [-0.05, 0) is 37.1 Å². The molecule has 1 heterocycles. The van der Waals surface area contributed by atoms with E-state index in [1.54, 1.807) is 17.8 Å². The minimum Gasteiger partial charge on any atom is -0.345 e. The number of aromatic nitrogens is 2. The van der Waals surface area contributed by atoms with Crippen LogP contribution >= 0.6 is 0 Å². The van der Waals surface area contributed by atoms with Gasteiger partial charge in [-0.3, -0.25) is 9.48 Å². The fraction of sp³-hybridized carbons (Fsp3) is 0.154. The van der Waals surface area contributed by atoms with Crippen LogP contribution in [0.4, 0.5) is 8.78 Å². The normalized spacial score (nSPS) is 11.9. The van der Waals surface area contributed by atoms with Crippen LogP contribution in [-0.2, 0) is 6.54 Å².